The summed E-state index contributed by atoms with van der Waals surface area (Å²) in [7, 11) is 0. The maximum Gasteiger partial charge on any atom is 0.410 e. The van der Waals surface area contributed by atoms with E-state index in [1.807, 2.05) is 46.8 Å². The molecular formula is C19H30INO3. The molecule has 0 aliphatic heterocycles. The first-order valence-electron chi connectivity index (χ1n) is 8.55. The van der Waals surface area contributed by atoms with Gasteiger partial charge in [-0.1, -0.05) is 19.4 Å². The first-order valence-corrected chi connectivity index (χ1v) is 9.63. The third kappa shape index (κ3) is 7.73. The van der Waals surface area contributed by atoms with E-state index in [0.29, 0.717) is 13.1 Å². The van der Waals surface area contributed by atoms with Gasteiger partial charge in [0, 0.05) is 13.1 Å². The first kappa shape index (κ1) is 21.1. The highest BCUT2D eigenvalue weighted by Crippen LogP contribution is 2.24. The Hall–Kier alpha value is -0.980. The zero-order valence-electron chi connectivity index (χ0n) is 15.7. The van der Waals surface area contributed by atoms with Crippen molar-refractivity contribution in [2.45, 2.75) is 72.6 Å². The summed E-state index contributed by atoms with van der Waals surface area (Å²) in [4.78, 5) is 14.2. The van der Waals surface area contributed by atoms with Crippen LogP contribution >= 0.6 is 22.6 Å². The Morgan fingerprint density at radius 2 is 1.96 bits per heavy atom. The van der Waals surface area contributed by atoms with Gasteiger partial charge in [0.2, 0.25) is 0 Å². The van der Waals surface area contributed by atoms with Crippen molar-refractivity contribution in [1.29, 1.82) is 0 Å². The van der Waals surface area contributed by atoms with Gasteiger partial charge >= 0.3 is 6.09 Å². The van der Waals surface area contributed by atoms with Crippen LogP contribution in [-0.2, 0) is 11.3 Å². The molecule has 0 aromatic heterocycles. The summed E-state index contributed by atoms with van der Waals surface area (Å²) in [6.45, 7) is 13.1. The van der Waals surface area contributed by atoms with Crippen molar-refractivity contribution in [3.63, 3.8) is 0 Å². The molecule has 1 rings (SSSR count). The highest BCUT2D eigenvalue weighted by Gasteiger charge is 2.22. The van der Waals surface area contributed by atoms with Crippen LogP contribution in [0.15, 0.2) is 18.2 Å². The van der Waals surface area contributed by atoms with E-state index in [0.717, 1.165) is 27.7 Å². The number of hydrogen-bond acceptors (Lipinski definition) is 3. The van der Waals surface area contributed by atoms with E-state index in [-0.39, 0.29) is 12.2 Å². The fraction of sp³-hybridized carbons (Fsp3) is 0.632. The SMILES string of the molecule is CCCCN(Cc1ccc(OC(C)C)c(I)c1)C(=O)OC(C)(C)C. The number of ether oxygens (including phenoxy) is 2. The summed E-state index contributed by atoms with van der Waals surface area (Å²) in [6, 6.07) is 6.06. The molecule has 0 fully saturated rings. The fourth-order valence-corrected chi connectivity index (χ4v) is 2.83. The predicted octanol–water partition coefficient (Wildman–Crippen LogP) is 5.62. The smallest absolute Gasteiger partial charge is 0.410 e. The second kappa shape index (κ2) is 9.49. The third-order valence-electron chi connectivity index (χ3n) is 3.17. The molecule has 0 aliphatic rings. The van der Waals surface area contributed by atoms with E-state index >= 15 is 0 Å². The molecule has 0 N–H and O–H groups in total. The Morgan fingerprint density at radius 1 is 1.29 bits per heavy atom. The summed E-state index contributed by atoms with van der Waals surface area (Å²) < 4.78 is 12.4. The largest absolute Gasteiger partial charge is 0.490 e. The highest BCUT2D eigenvalue weighted by atomic mass is 127. The van der Waals surface area contributed by atoms with Gasteiger partial charge in [0.05, 0.1) is 9.67 Å². The van der Waals surface area contributed by atoms with Crippen molar-refractivity contribution in [3.8, 4) is 5.75 Å². The Labute approximate surface area is 160 Å². The van der Waals surface area contributed by atoms with E-state index in [1.54, 1.807) is 4.90 Å². The Bertz CT molecular complexity index is 538. The van der Waals surface area contributed by atoms with Crippen LogP contribution in [0.5, 0.6) is 5.75 Å². The molecule has 0 aliphatic carbocycles. The zero-order chi connectivity index (χ0) is 18.3. The molecule has 0 heterocycles. The van der Waals surface area contributed by atoms with Gasteiger partial charge in [0.15, 0.2) is 0 Å². The minimum absolute atomic E-state index is 0.146. The lowest BCUT2D eigenvalue weighted by Crippen LogP contribution is -2.37. The Morgan fingerprint density at radius 3 is 2.46 bits per heavy atom. The van der Waals surface area contributed by atoms with Crippen molar-refractivity contribution in [2.24, 2.45) is 0 Å². The number of unbranched alkanes of at least 4 members (excludes halogenated alkanes) is 1. The number of benzene rings is 1. The van der Waals surface area contributed by atoms with Gasteiger partial charge in [-0.2, -0.15) is 0 Å². The fourth-order valence-electron chi connectivity index (χ4n) is 2.12. The van der Waals surface area contributed by atoms with Crippen LogP contribution in [0.4, 0.5) is 4.79 Å². The number of nitrogens with zero attached hydrogens (tertiary/aromatic N) is 1. The van der Waals surface area contributed by atoms with Gasteiger partial charge in [-0.3, -0.25) is 0 Å². The summed E-state index contributed by atoms with van der Waals surface area (Å²) in [6.07, 6.45) is 1.89. The van der Waals surface area contributed by atoms with E-state index in [9.17, 15) is 4.79 Å². The molecule has 5 heteroatoms. The van der Waals surface area contributed by atoms with Crippen molar-refractivity contribution < 1.29 is 14.3 Å². The normalized spacial score (nSPS) is 11.5. The average Bonchev–Trinajstić information content (AvgIpc) is 2.43. The van der Waals surface area contributed by atoms with Crippen molar-refractivity contribution >= 4 is 28.7 Å². The maximum absolute atomic E-state index is 12.4. The second-order valence-electron chi connectivity index (χ2n) is 7.19. The van der Waals surface area contributed by atoms with E-state index < -0.39 is 5.60 Å². The number of hydrogen-bond donors (Lipinski definition) is 0. The third-order valence-corrected chi connectivity index (χ3v) is 4.01. The molecule has 0 unspecified atom stereocenters. The lowest BCUT2D eigenvalue weighted by atomic mass is 10.2. The van der Waals surface area contributed by atoms with Crippen LogP contribution in [0.3, 0.4) is 0 Å². The summed E-state index contributed by atoms with van der Waals surface area (Å²) >= 11 is 2.27. The number of carbonyl (C=O) groups excluding carboxylic acids is 1. The minimum atomic E-state index is -0.481. The lowest BCUT2D eigenvalue weighted by Gasteiger charge is -2.27. The number of halogens is 1. The second-order valence-corrected chi connectivity index (χ2v) is 8.35. The Kier molecular flexibility index (Phi) is 8.33. The van der Waals surface area contributed by atoms with Crippen molar-refractivity contribution in [2.75, 3.05) is 6.54 Å². The van der Waals surface area contributed by atoms with Gasteiger partial charge < -0.3 is 14.4 Å². The summed E-state index contributed by atoms with van der Waals surface area (Å²) in [5, 5.41) is 0. The standard InChI is InChI=1S/C19H30INO3/c1-7-8-11-21(18(22)24-19(4,5)6)13-15-9-10-17(16(20)12-15)23-14(2)3/h9-10,12,14H,7-8,11,13H2,1-6H3. The molecule has 4 nitrogen and oxygen atoms in total. The van der Waals surface area contributed by atoms with Gasteiger partial charge in [0.1, 0.15) is 11.4 Å². The van der Waals surface area contributed by atoms with Crippen LogP contribution < -0.4 is 4.74 Å². The molecule has 1 amide bonds. The quantitative estimate of drug-likeness (QED) is 0.510. The molecule has 0 spiro atoms. The molecule has 0 saturated heterocycles. The molecule has 0 radical (unpaired) electrons. The van der Waals surface area contributed by atoms with Crippen LogP contribution in [0.1, 0.15) is 59.9 Å². The topological polar surface area (TPSA) is 38.8 Å². The van der Waals surface area contributed by atoms with E-state index in [4.69, 9.17) is 9.47 Å². The van der Waals surface area contributed by atoms with Gasteiger partial charge in [-0.15, -0.1) is 0 Å². The molecule has 136 valence electrons. The van der Waals surface area contributed by atoms with Gasteiger partial charge in [0.25, 0.3) is 0 Å². The van der Waals surface area contributed by atoms with E-state index in [2.05, 4.69) is 35.6 Å². The van der Waals surface area contributed by atoms with Crippen molar-refractivity contribution in [1.82, 2.24) is 4.90 Å². The molecule has 1 aromatic rings. The molecule has 24 heavy (non-hydrogen) atoms. The van der Waals surface area contributed by atoms with Crippen molar-refractivity contribution in [3.05, 3.63) is 27.3 Å². The Balaban J connectivity index is 2.86. The number of carbonyl (C=O) groups is 1. The van der Waals surface area contributed by atoms with Crippen LogP contribution in [-0.4, -0.2) is 29.2 Å². The van der Waals surface area contributed by atoms with Crippen LogP contribution in [0, 0.1) is 3.57 Å². The number of rotatable bonds is 7. The van der Waals surface area contributed by atoms with Crippen LogP contribution in [0.25, 0.3) is 0 Å². The average molecular weight is 447 g/mol. The summed E-state index contributed by atoms with van der Waals surface area (Å²) in [5.74, 6) is 0.881. The molecule has 0 bridgehead atoms. The highest BCUT2D eigenvalue weighted by molar-refractivity contribution is 14.1. The zero-order valence-corrected chi connectivity index (χ0v) is 17.8. The minimum Gasteiger partial charge on any atom is -0.490 e. The molecular weight excluding hydrogens is 417 g/mol. The maximum atomic E-state index is 12.4. The van der Waals surface area contributed by atoms with E-state index in [1.165, 1.54) is 0 Å². The van der Waals surface area contributed by atoms with Crippen LogP contribution in [0.2, 0.25) is 0 Å². The summed E-state index contributed by atoms with van der Waals surface area (Å²) in [5.41, 5.74) is 0.600. The molecule has 0 saturated carbocycles. The molecule has 0 atom stereocenters. The molecule has 1 aromatic carbocycles. The van der Waals surface area contributed by atoms with Gasteiger partial charge in [-0.25, -0.2) is 4.79 Å². The monoisotopic (exact) mass is 447 g/mol. The predicted molar refractivity (Wildman–Crippen MR) is 106 cm³/mol. The lowest BCUT2D eigenvalue weighted by molar-refractivity contribution is 0.0231. The first-order chi connectivity index (χ1) is 11.1. The van der Waals surface area contributed by atoms with Gasteiger partial charge in [-0.05, 0) is 81.3 Å². The number of amides is 1.